The number of hydrogen-bond donors (Lipinski definition) is 1. The zero-order chi connectivity index (χ0) is 25.3. The summed E-state index contributed by atoms with van der Waals surface area (Å²) < 4.78 is 16.7. The summed E-state index contributed by atoms with van der Waals surface area (Å²) in [5.74, 6) is 0.0302. The molecular formula is C27H27N3O6. The fourth-order valence-electron chi connectivity index (χ4n) is 3.90. The Labute approximate surface area is 208 Å². The van der Waals surface area contributed by atoms with Gasteiger partial charge in [-0.3, -0.25) is 14.9 Å². The minimum Gasteiger partial charge on any atom is -0.492 e. The van der Waals surface area contributed by atoms with Crippen molar-refractivity contribution in [3.63, 3.8) is 0 Å². The molecule has 0 saturated carbocycles. The molecule has 1 aromatic heterocycles. The largest absolute Gasteiger partial charge is 0.492 e. The number of para-hydroxylation sites is 3. The number of nitro groups is 1. The van der Waals surface area contributed by atoms with Gasteiger partial charge >= 0.3 is 5.97 Å². The van der Waals surface area contributed by atoms with Gasteiger partial charge in [-0.05, 0) is 43.2 Å². The van der Waals surface area contributed by atoms with Gasteiger partial charge in [-0.25, -0.2) is 4.98 Å². The van der Waals surface area contributed by atoms with Crippen molar-refractivity contribution in [1.29, 1.82) is 0 Å². The van der Waals surface area contributed by atoms with Crippen molar-refractivity contribution in [3.8, 4) is 5.75 Å². The first-order chi connectivity index (χ1) is 17.5. The monoisotopic (exact) mass is 489 g/mol. The molecule has 1 unspecified atom stereocenters. The van der Waals surface area contributed by atoms with Gasteiger partial charge in [-0.15, -0.1) is 0 Å². The van der Waals surface area contributed by atoms with Gasteiger partial charge < -0.3 is 19.2 Å². The van der Waals surface area contributed by atoms with E-state index in [4.69, 9.17) is 13.9 Å². The number of fused-ring (bicyclic) bond motifs is 1. The number of carbonyl (C=O) groups is 1. The molecule has 0 bridgehead atoms. The van der Waals surface area contributed by atoms with Gasteiger partial charge in [0.25, 0.3) is 5.69 Å². The van der Waals surface area contributed by atoms with E-state index in [1.807, 2.05) is 48.5 Å². The number of nitrogens with zero attached hydrogens (tertiary/aromatic N) is 2. The number of nitro benzene ring substituents is 1. The van der Waals surface area contributed by atoms with Crippen molar-refractivity contribution < 1.29 is 23.6 Å². The Balaban J connectivity index is 1.31. The van der Waals surface area contributed by atoms with Crippen molar-refractivity contribution in [2.24, 2.45) is 0 Å². The Hall–Kier alpha value is -4.24. The zero-order valence-corrected chi connectivity index (χ0v) is 19.9. The summed E-state index contributed by atoms with van der Waals surface area (Å²) in [5.41, 5.74) is 2.68. The molecule has 3 aromatic carbocycles. The lowest BCUT2D eigenvalue weighted by molar-refractivity contribution is -0.385. The molecule has 0 aliphatic carbocycles. The highest BCUT2D eigenvalue weighted by molar-refractivity contribution is 5.80. The number of oxazole rings is 1. The number of esters is 1. The van der Waals surface area contributed by atoms with Gasteiger partial charge in [0.05, 0.1) is 24.0 Å². The van der Waals surface area contributed by atoms with Crippen LogP contribution >= 0.6 is 0 Å². The van der Waals surface area contributed by atoms with E-state index in [0.717, 1.165) is 16.7 Å². The first kappa shape index (κ1) is 24.9. The molecule has 9 nitrogen and oxygen atoms in total. The van der Waals surface area contributed by atoms with Crippen molar-refractivity contribution in [3.05, 3.63) is 99.9 Å². The lowest BCUT2D eigenvalue weighted by Crippen LogP contribution is -2.20. The number of aromatic nitrogens is 1. The number of hydrogen-bond acceptors (Lipinski definition) is 8. The van der Waals surface area contributed by atoms with E-state index < -0.39 is 16.8 Å². The molecule has 0 saturated heterocycles. The van der Waals surface area contributed by atoms with Gasteiger partial charge in [-0.1, -0.05) is 42.5 Å². The molecule has 186 valence electrons. The van der Waals surface area contributed by atoms with Crippen LogP contribution in [-0.4, -0.2) is 35.6 Å². The number of carbonyl (C=O) groups excluding carboxylic acids is 1. The summed E-state index contributed by atoms with van der Waals surface area (Å²) in [6.07, 6.45) is 0.274. The van der Waals surface area contributed by atoms with E-state index in [0.29, 0.717) is 36.9 Å². The number of ether oxygens (including phenoxy) is 2. The van der Waals surface area contributed by atoms with Gasteiger partial charge in [0.15, 0.2) is 5.58 Å². The number of nitrogens with one attached hydrogen (secondary N) is 1. The summed E-state index contributed by atoms with van der Waals surface area (Å²) in [4.78, 5) is 28.1. The molecule has 0 amide bonds. The molecule has 1 atom stereocenters. The van der Waals surface area contributed by atoms with E-state index >= 15 is 0 Å². The summed E-state index contributed by atoms with van der Waals surface area (Å²) in [6, 6.07) is 21.2. The third kappa shape index (κ3) is 6.25. The molecule has 4 aromatic rings. The molecule has 1 N–H and O–H groups in total. The van der Waals surface area contributed by atoms with Crippen LogP contribution in [0.1, 0.15) is 29.9 Å². The standard InChI is InChI=1S/C27H27N3O6/c1-2-34-27(31)22(21-7-3-5-9-24(21)30(32)33)17-19-11-13-20(14-12-19)35-16-15-28-18-26-29-23-8-4-6-10-25(23)36-26/h3-14,22,28H,2,15-18H2,1H3. The highest BCUT2D eigenvalue weighted by Gasteiger charge is 2.29. The van der Waals surface area contributed by atoms with Crippen LogP contribution in [0.15, 0.2) is 77.2 Å². The van der Waals surface area contributed by atoms with Gasteiger partial charge in [0.1, 0.15) is 17.9 Å². The zero-order valence-electron chi connectivity index (χ0n) is 19.9. The fourth-order valence-corrected chi connectivity index (χ4v) is 3.90. The second kappa shape index (κ2) is 11.9. The maximum atomic E-state index is 12.7. The van der Waals surface area contributed by atoms with E-state index in [1.54, 1.807) is 25.1 Å². The molecule has 0 fully saturated rings. The van der Waals surface area contributed by atoms with E-state index in [-0.39, 0.29) is 18.7 Å². The number of rotatable bonds is 12. The molecular weight excluding hydrogens is 462 g/mol. The number of benzene rings is 3. The molecule has 4 rings (SSSR count). The fraction of sp³-hybridized carbons (Fsp3) is 0.259. The summed E-state index contributed by atoms with van der Waals surface area (Å²) >= 11 is 0. The van der Waals surface area contributed by atoms with Crippen LogP contribution in [-0.2, 0) is 22.5 Å². The molecule has 1 heterocycles. The van der Waals surface area contributed by atoms with Crippen molar-refractivity contribution in [1.82, 2.24) is 10.3 Å². The van der Waals surface area contributed by atoms with Crippen LogP contribution in [0.2, 0.25) is 0 Å². The van der Waals surface area contributed by atoms with Gasteiger partial charge in [0.2, 0.25) is 5.89 Å². The van der Waals surface area contributed by atoms with E-state index in [1.165, 1.54) is 6.07 Å². The SMILES string of the molecule is CCOC(=O)C(Cc1ccc(OCCNCc2nc3ccccc3o2)cc1)c1ccccc1[N+](=O)[O-]. The third-order valence-corrected chi connectivity index (χ3v) is 5.61. The topological polar surface area (TPSA) is 117 Å². The lowest BCUT2D eigenvalue weighted by atomic mass is 9.91. The van der Waals surface area contributed by atoms with Crippen molar-refractivity contribution in [2.45, 2.75) is 25.8 Å². The van der Waals surface area contributed by atoms with Crippen LogP contribution < -0.4 is 10.1 Å². The quantitative estimate of drug-likeness (QED) is 0.131. The molecule has 0 spiro atoms. The Bertz CT molecular complexity index is 1290. The Morgan fingerprint density at radius 2 is 1.83 bits per heavy atom. The molecule has 0 aliphatic heterocycles. The summed E-state index contributed by atoms with van der Waals surface area (Å²) in [5, 5.41) is 14.7. The Morgan fingerprint density at radius 1 is 1.08 bits per heavy atom. The smallest absolute Gasteiger partial charge is 0.314 e. The average Bonchev–Trinajstić information content (AvgIpc) is 3.31. The second-order valence-corrected chi connectivity index (χ2v) is 8.07. The molecule has 9 heteroatoms. The molecule has 0 radical (unpaired) electrons. The first-order valence-electron chi connectivity index (χ1n) is 11.7. The predicted molar refractivity (Wildman–Crippen MR) is 134 cm³/mol. The minimum absolute atomic E-state index is 0.0964. The van der Waals surface area contributed by atoms with Crippen LogP contribution in [0.5, 0.6) is 5.75 Å². The van der Waals surface area contributed by atoms with Crippen molar-refractivity contribution >= 4 is 22.8 Å². The Morgan fingerprint density at radius 3 is 2.58 bits per heavy atom. The summed E-state index contributed by atoms with van der Waals surface area (Å²) in [7, 11) is 0. The van der Waals surface area contributed by atoms with Crippen molar-refractivity contribution in [2.75, 3.05) is 19.8 Å². The second-order valence-electron chi connectivity index (χ2n) is 8.07. The third-order valence-electron chi connectivity index (χ3n) is 5.61. The van der Waals surface area contributed by atoms with Gasteiger partial charge in [-0.2, -0.15) is 0 Å². The van der Waals surface area contributed by atoms with Crippen LogP contribution in [0.3, 0.4) is 0 Å². The minimum atomic E-state index is -0.783. The van der Waals surface area contributed by atoms with E-state index in [2.05, 4.69) is 10.3 Å². The summed E-state index contributed by atoms with van der Waals surface area (Å²) in [6.45, 7) is 3.45. The predicted octanol–water partition coefficient (Wildman–Crippen LogP) is 4.79. The Kier molecular flexibility index (Phi) is 8.25. The van der Waals surface area contributed by atoms with E-state index in [9.17, 15) is 14.9 Å². The highest BCUT2D eigenvalue weighted by atomic mass is 16.6. The average molecular weight is 490 g/mol. The van der Waals surface area contributed by atoms with Crippen LogP contribution in [0, 0.1) is 10.1 Å². The normalized spacial score (nSPS) is 11.8. The van der Waals surface area contributed by atoms with Crippen LogP contribution in [0.25, 0.3) is 11.1 Å². The maximum Gasteiger partial charge on any atom is 0.314 e. The highest BCUT2D eigenvalue weighted by Crippen LogP contribution is 2.31. The van der Waals surface area contributed by atoms with Gasteiger partial charge in [0, 0.05) is 18.2 Å². The lowest BCUT2D eigenvalue weighted by Gasteiger charge is -2.16. The maximum absolute atomic E-state index is 12.7. The molecule has 0 aliphatic rings. The van der Waals surface area contributed by atoms with Crippen LogP contribution in [0.4, 0.5) is 5.69 Å². The first-order valence-corrected chi connectivity index (χ1v) is 11.7. The molecule has 36 heavy (non-hydrogen) atoms.